The zero-order chi connectivity index (χ0) is 17.8. The lowest BCUT2D eigenvalue weighted by Crippen LogP contribution is -2.39. The molecular formula is C19H21FN2O3. The first-order valence-electron chi connectivity index (χ1n) is 8.20. The fraction of sp³-hybridized carbons (Fsp3) is 0.316. The molecular weight excluding hydrogens is 323 g/mol. The summed E-state index contributed by atoms with van der Waals surface area (Å²) in [6.07, 6.45) is 1.27. The summed E-state index contributed by atoms with van der Waals surface area (Å²) >= 11 is 0. The molecule has 0 radical (unpaired) electrons. The van der Waals surface area contributed by atoms with Crippen LogP contribution in [-0.2, 0) is 6.42 Å². The molecule has 0 fully saturated rings. The molecule has 1 aliphatic heterocycles. The number of rotatable bonds is 6. The van der Waals surface area contributed by atoms with Crippen molar-refractivity contribution in [2.45, 2.75) is 18.9 Å². The first kappa shape index (κ1) is 17.2. The summed E-state index contributed by atoms with van der Waals surface area (Å²) in [5.41, 5.74) is 7.22. The maximum atomic E-state index is 13.1. The van der Waals surface area contributed by atoms with E-state index in [0.717, 1.165) is 5.56 Å². The molecule has 2 aromatic rings. The number of carbonyl (C=O) groups excluding carboxylic acids is 1. The Balaban J connectivity index is 1.76. The number of halogens is 1. The number of fused-ring (bicyclic) bond motifs is 1. The third-order valence-corrected chi connectivity index (χ3v) is 4.37. The second kappa shape index (κ2) is 7.53. The lowest BCUT2D eigenvalue weighted by atomic mass is 10.0. The maximum absolute atomic E-state index is 13.1. The van der Waals surface area contributed by atoms with Crippen LogP contribution in [0.3, 0.4) is 0 Å². The number of hydrogen-bond acceptors (Lipinski definition) is 4. The number of likely N-dealkylation sites (N-methyl/N-ethyl adjacent to an activating group) is 1. The van der Waals surface area contributed by atoms with Crippen LogP contribution in [-0.4, -0.2) is 37.2 Å². The van der Waals surface area contributed by atoms with Gasteiger partial charge in [-0.1, -0.05) is 12.1 Å². The summed E-state index contributed by atoms with van der Waals surface area (Å²) < 4.78 is 23.7. The average molecular weight is 344 g/mol. The van der Waals surface area contributed by atoms with E-state index < -0.39 is 0 Å². The Bertz CT molecular complexity index is 749. The Morgan fingerprint density at radius 2 is 1.92 bits per heavy atom. The molecule has 0 spiro atoms. The molecule has 1 atom stereocenters. The Kier molecular flexibility index (Phi) is 5.19. The number of hydrogen-bond donors (Lipinski definition) is 1. The van der Waals surface area contributed by atoms with Gasteiger partial charge in [-0.15, -0.1) is 0 Å². The fourth-order valence-electron chi connectivity index (χ4n) is 2.92. The maximum Gasteiger partial charge on any atom is 0.253 e. The number of ether oxygens (including phenoxy) is 2. The van der Waals surface area contributed by atoms with E-state index in [1.54, 1.807) is 42.3 Å². The summed E-state index contributed by atoms with van der Waals surface area (Å²) in [6.45, 7) is 0.633. The molecule has 0 bridgehead atoms. The van der Waals surface area contributed by atoms with E-state index in [1.165, 1.54) is 12.1 Å². The van der Waals surface area contributed by atoms with Gasteiger partial charge in [0.1, 0.15) is 5.82 Å². The third-order valence-electron chi connectivity index (χ3n) is 4.37. The highest BCUT2D eigenvalue weighted by Crippen LogP contribution is 2.33. The quantitative estimate of drug-likeness (QED) is 0.875. The molecule has 0 aliphatic carbocycles. The minimum absolute atomic E-state index is 0.0756. The first-order chi connectivity index (χ1) is 12.1. The van der Waals surface area contributed by atoms with Crippen molar-refractivity contribution in [3.05, 3.63) is 59.4 Å². The van der Waals surface area contributed by atoms with Gasteiger partial charge >= 0.3 is 0 Å². The zero-order valence-corrected chi connectivity index (χ0v) is 14.1. The predicted octanol–water partition coefficient (Wildman–Crippen LogP) is 2.59. The molecule has 2 aromatic carbocycles. The Hall–Kier alpha value is -2.60. The fourth-order valence-corrected chi connectivity index (χ4v) is 2.92. The largest absolute Gasteiger partial charge is 0.454 e. The van der Waals surface area contributed by atoms with Crippen molar-refractivity contribution in [1.29, 1.82) is 0 Å². The molecule has 132 valence electrons. The van der Waals surface area contributed by atoms with Gasteiger partial charge in [0.15, 0.2) is 11.5 Å². The summed E-state index contributed by atoms with van der Waals surface area (Å²) in [5.74, 6) is 0.833. The van der Waals surface area contributed by atoms with Gasteiger partial charge in [0.05, 0.1) is 0 Å². The van der Waals surface area contributed by atoms with Crippen molar-refractivity contribution in [3.63, 3.8) is 0 Å². The van der Waals surface area contributed by atoms with Crippen LogP contribution in [0.25, 0.3) is 0 Å². The van der Waals surface area contributed by atoms with Crippen LogP contribution in [0.2, 0.25) is 0 Å². The molecule has 3 rings (SSSR count). The van der Waals surface area contributed by atoms with E-state index >= 15 is 0 Å². The van der Waals surface area contributed by atoms with E-state index in [0.29, 0.717) is 36.4 Å². The molecule has 25 heavy (non-hydrogen) atoms. The summed E-state index contributed by atoms with van der Waals surface area (Å²) in [5, 5.41) is 0. The molecule has 1 aliphatic rings. The van der Waals surface area contributed by atoms with Gasteiger partial charge in [-0.05, 0) is 55.3 Å². The second-order valence-electron chi connectivity index (χ2n) is 6.05. The molecule has 0 unspecified atom stereocenters. The Morgan fingerprint density at radius 3 is 2.64 bits per heavy atom. The van der Waals surface area contributed by atoms with E-state index in [1.807, 2.05) is 0 Å². The standard InChI is InChI=1S/C19H21FN2O3/c1-22(16(8-9-21)10-13-2-5-15(20)6-3-13)19(23)14-4-7-17-18(11-14)25-12-24-17/h2-7,11,16H,8-10,12,21H2,1H3/t16-/m1/s1. The van der Waals surface area contributed by atoms with Crippen LogP contribution in [0, 0.1) is 5.82 Å². The molecule has 6 heteroatoms. The Morgan fingerprint density at radius 1 is 1.20 bits per heavy atom. The number of carbonyl (C=O) groups is 1. The van der Waals surface area contributed by atoms with E-state index in [2.05, 4.69) is 0 Å². The molecule has 5 nitrogen and oxygen atoms in total. The van der Waals surface area contributed by atoms with Gasteiger partial charge in [0, 0.05) is 18.7 Å². The first-order valence-corrected chi connectivity index (χ1v) is 8.20. The smallest absolute Gasteiger partial charge is 0.253 e. The van der Waals surface area contributed by atoms with Gasteiger partial charge in [-0.2, -0.15) is 0 Å². The van der Waals surface area contributed by atoms with Gasteiger partial charge in [-0.3, -0.25) is 4.79 Å². The van der Waals surface area contributed by atoms with E-state index in [9.17, 15) is 9.18 Å². The summed E-state index contributed by atoms with van der Waals surface area (Å²) in [4.78, 5) is 14.5. The highest BCUT2D eigenvalue weighted by Gasteiger charge is 2.23. The average Bonchev–Trinajstić information content (AvgIpc) is 3.09. The van der Waals surface area contributed by atoms with Crippen molar-refractivity contribution in [2.24, 2.45) is 5.73 Å². The van der Waals surface area contributed by atoms with E-state index in [4.69, 9.17) is 15.2 Å². The van der Waals surface area contributed by atoms with Crippen LogP contribution < -0.4 is 15.2 Å². The Labute approximate surface area is 146 Å². The lowest BCUT2D eigenvalue weighted by molar-refractivity contribution is 0.0725. The van der Waals surface area contributed by atoms with Crippen LogP contribution in [0.5, 0.6) is 11.5 Å². The molecule has 1 heterocycles. The third kappa shape index (κ3) is 3.91. The van der Waals surface area contributed by atoms with Crippen molar-refractivity contribution < 1.29 is 18.7 Å². The monoisotopic (exact) mass is 344 g/mol. The van der Waals surface area contributed by atoms with Crippen LogP contribution in [0.15, 0.2) is 42.5 Å². The highest BCUT2D eigenvalue weighted by molar-refractivity contribution is 5.95. The van der Waals surface area contributed by atoms with Crippen molar-refractivity contribution in [1.82, 2.24) is 4.90 Å². The van der Waals surface area contributed by atoms with Crippen LogP contribution in [0.4, 0.5) is 4.39 Å². The molecule has 0 saturated heterocycles. The van der Waals surface area contributed by atoms with Crippen molar-refractivity contribution in [2.75, 3.05) is 20.4 Å². The predicted molar refractivity (Wildman–Crippen MR) is 92.2 cm³/mol. The van der Waals surface area contributed by atoms with Crippen LogP contribution in [0.1, 0.15) is 22.3 Å². The minimum atomic E-state index is -0.274. The van der Waals surface area contributed by atoms with Gasteiger partial charge < -0.3 is 20.1 Å². The minimum Gasteiger partial charge on any atom is -0.454 e. The SMILES string of the molecule is CN(C(=O)c1ccc2c(c1)OCO2)[C@H](CCN)Cc1ccc(F)cc1. The molecule has 0 aromatic heterocycles. The molecule has 2 N–H and O–H groups in total. The number of nitrogens with zero attached hydrogens (tertiary/aromatic N) is 1. The number of nitrogens with two attached hydrogens (primary N) is 1. The van der Waals surface area contributed by atoms with Gasteiger partial charge in [0.2, 0.25) is 6.79 Å². The molecule has 1 amide bonds. The number of amides is 1. The second-order valence-corrected chi connectivity index (χ2v) is 6.05. The van der Waals surface area contributed by atoms with Crippen LogP contribution >= 0.6 is 0 Å². The highest BCUT2D eigenvalue weighted by atomic mass is 19.1. The van der Waals surface area contributed by atoms with E-state index in [-0.39, 0.29) is 24.6 Å². The molecule has 0 saturated carbocycles. The zero-order valence-electron chi connectivity index (χ0n) is 14.1. The van der Waals surface area contributed by atoms with Gasteiger partial charge in [-0.25, -0.2) is 4.39 Å². The van der Waals surface area contributed by atoms with Crippen molar-refractivity contribution in [3.8, 4) is 11.5 Å². The lowest BCUT2D eigenvalue weighted by Gasteiger charge is -2.28. The summed E-state index contributed by atoms with van der Waals surface area (Å²) in [6, 6.07) is 11.4. The summed E-state index contributed by atoms with van der Waals surface area (Å²) in [7, 11) is 1.76. The normalized spacial score (nSPS) is 13.6. The number of benzene rings is 2. The van der Waals surface area contributed by atoms with Crippen molar-refractivity contribution >= 4 is 5.91 Å². The van der Waals surface area contributed by atoms with Gasteiger partial charge in [0.25, 0.3) is 5.91 Å². The topological polar surface area (TPSA) is 64.8 Å².